The smallest absolute Gasteiger partial charge is 0.233 e. The number of rotatable bonds is 5. The summed E-state index contributed by atoms with van der Waals surface area (Å²) in [6, 6.07) is 7.56. The van der Waals surface area contributed by atoms with Crippen molar-refractivity contribution in [1.82, 2.24) is 24.7 Å². The van der Waals surface area contributed by atoms with E-state index >= 15 is 0 Å². The average Bonchev–Trinajstić information content (AvgIpc) is 3.33. The first kappa shape index (κ1) is 26.1. The van der Waals surface area contributed by atoms with Gasteiger partial charge in [0.05, 0.1) is 31.2 Å². The largest absolute Gasteiger partial charge is 0.373 e. The topological polar surface area (TPSA) is 90.6 Å². The van der Waals surface area contributed by atoms with Crippen LogP contribution >= 0.6 is 46.3 Å². The molecule has 3 heterocycles. The SMILES string of the molecule is Cc1cc(C)nc(-c2cn(-c3nc(-c4ccc(Cl)c(Cl)c4)c(SC(C)C)s3)nc2C)n1.O=C=O. The zero-order valence-electron chi connectivity index (χ0n) is 19.1. The lowest BCUT2D eigenvalue weighted by molar-refractivity contribution is -0.191. The van der Waals surface area contributed by atoms with Gasteiger partial charge in [-0.25, -0.2) is 19.6 Å². The van der Waals surface area contributed by atoms with Gasteiger partial charge in [-0.15, -0.1) is 11.8 Å². The standard InChI is InChI=1S/C22H21Cl2N5S2.CO2/c1-11(2)30-21-19(15-6-7-17(23)18(24)9-15)27-22(31-21)29-10-16(14(5)28-29)20-25-12(3)8-13(4)26-20;2-1-3/h6-11H,1-5H3;. The molecule has 0 saturated heterocycles. The summed E-state index contributed by atoms with van der Waals surface area (Å²) in [4.78, 5) is 30.3. The van der Waals surface area contributed by atoms with E-state index in [4.69, 9.17) is 42.9 Å². The maximum Gasteiger partial charge on any atom is 0.373 e. The Hall–Kier alpha value is -2.55. The summed E-state index contributed by atoms with van der Waals surface area (Å²) in [7, 11) is 0. The van der Waals surface area contributed by atoms with Crippen molar-refractivity contribution >= 4 is 52.5 Å². The molecule has 0 aliphatic heterocycles. The van der Waals surface area contributed by atoms with Crippen molar-refractivity contribution in [2.75, 3.05) is 0 Å². The second-order valence-electron chi connectivity index (χ2n) is 7.56. The van der Waals surface area contributed by atoms with Crippen molar-refractivity contribution in [1.29, 1.82) is 0 Å². The van der Waals surface area contributed by atoms with Crippen molar-refractivity contribution in [2.45, 2.75) is 44.1 Å². The van der Waals surface area contributed by atoms with Gasteiger partial charge in [-0.05, 0) is 39.0 Å². The van der Waals surface area contributed by atoms with Gasteiger partial charge in [0.2, 0.25) is 5.13 Å². The van der Waals surface area contributed by atoms with E-state index in [0.717, 1.165) is 43.2 Å². The van der Waals surface area contributed by atoms with Crippen LogP contribution in [0.5, 0.6) is 0 Å². The molecule has 0 fully saturated rings. The molecule has 7 nitrogen and oxygen atoms in total. The van der Waals surface area contributed by atoms with E-state index in [1.807, 2.05) is 49.8 Å². The number of halogens is 2. The third-order valence-corrected chi connectivity index (χ3v) is 7.43. The highest BCUT2D eigenvalue weighted by Gasteiger charge is 2.19. The average molecular weight is 534 g/mol. The maximum atomic E-state index is 8.12. The minimum absolute atomic E-state index is 0.250. The molecule has 0 aliphatic rings. The van der Waals surface area contributed by atoms with Crippen LogP contribution in [0.25, 0.3) is 27.8 Å². The Balaban J connectivity index is 0.00000103. The van der Waals surface area contributed by atoms with Crippen LogP contribution in [0, 0.1) is 20.8 Å². The number of thiazole rings is 1. The molecule has 176 valence electrons. The van der Waals surface area contributed by atoms with Crippen molar-refractivity contribution in [3.63, 3.8) is 0 Å². The van der Waals surface area contributed by atoms with Crippen LogP contribution in [0.4, 0.5) is 0 Å². The monoisotopic (exact) mass is 533 g/mol. The fraction of sp³-hybridized carbons (Fsp3) is 0.261. The highest BCUT2D eigenvalue weighted by Crippen LogP contribution is 2.41. The van der Waals surface area contributed by atoms with Gasteiger partial charge in [0.15, 0.2) is 5.82 Å². The Morgan fingerprint density at radius 2 is 1.65 bits per heavy atom. The zero-order valence-corrected chi connectivity index (χ0v) is 22.2. The number of thioether (sulfide) groups is 1. The summed E-state index contributed by atoms with van der Waals surface area (Å²) in [5.74, 6) is 0.680. The predicted octanol–water partition coefficient (Wildman–Crippen LogP) is 6.60. The molecule has 0 N–H and O–H groups in total. The quantitative estimate of drug-likeness (QED) is 0.266. The molecule has 3 aromatic heterocycles. The third-order valence-electron chi connectivity index (χ3n) is 4.44. The minimum Gasteiger partial charge on any atom is -0.233 e. The first-order valence-electron chi connectivity index (χ1n) is 10.1. The summed E-state index contributed by atoms with van der Waals surface area (Å²) in [5.41, 5.74) is 5.43. The Kier molecular flexibility index (Phi) is 8.62. The molecule has 0 amide bonds. The first-order valence-corrected chi connectivity index (χ1v) is 12.6. The summed E-state index contributed by atoms with van der Waals surface area (Å²) in [5, 5.41) is 6.93. The van der Waals surface area contributed by atoms with Crippen LogP contribution in [-0.2, 0) is 9.59 Å². The lowest BCUT2D eigenvalue weighted by Crippen LogP contribution is -1.94. The highest BCUT2D eigenvalue weighted by atomic mass is 35.5. The molecule has 4 aromatic rings. The Bertz CT molecular complexity index is 1340. The van der Waals surface area contributed by atoms with Gasteiger partial charge in [0, 0.05) is 28.4 Å². The van der Waals surface area contributed by atoms with E-state index in [9.17, 15) is 0 Å². The summed E-state index contributed by atoms with van der Waals surface area (Å²) in [6.07, 6.45) is 2.20. The van der Waals surface area contributed by atoms with Crippen LogP contribution < -0.4 is 0 Å². The lowest BCUT2D eigenvalue weighted by atomic mass is 10.2. The zero-order chi connectivity index (χ0) is 25.0. The molecule has 0 atom stereocenters. The second kappa shape index (κ2) is 11.3. The number of hydrogen-bond acceptors (Lipinski definition) is 8. The minimum atomic E-state index is 0.250. The van der Waals surface area contributed by atoms with Crippen molar-refractivity contribution < 1.29 is 9.59 Å². The molecular weight excluding hydrogens is 513 g/mol. The molecule has 11 heteroatoms. The number of aromatic nitrogens is 5. The predicted molar refractivity (Wildman–Crippen MR) is 136 cm³/mol. The fourth-order valence-electron chi connectivity index (χ4n) is 3.14. The van der Waals surface area contributed by atoms with Gasteiger partial charge in [0.1, 0.15) is 0 Å². The van der Waals surface area contributed by atoms with Crippen LogP contribution in [0.15, 0.2) is 34.7 Å². The van der Waals surface area contributed by atoms with E-state index in [1.165, 1.54) is 0 Å². The van der Waals surface area contributed by atoms with E-state index in [1.54, 1.807) is 29.2 Å². The van der Waals surface area contributed by atoms with Crippen LogP contribution in [0.1, 0.15) is 30.9 Å². The molecule has 4 rings (SSSR count). The Morgan fingerprint density at radius 3 is 2.24 bits per heavy atom. The van der Waals surface area contributed by atoms with Gasteiger partial charge < -0.3 is 0 Å². The normalized spacial score (nSPS) is 10.7. The lowest BCUT2D eigenvalue weighted by Gasteiger charge is -2.05. The van der Waals surface area contributed by atoms with Crippen molar-refractivity contribution in [3.05, 3.63) is 57.6 Å². The van der Waals surface area contributed by atoms with Gasteiger partial charge >= 0.3 is 6.15 Å². The Morgan fingerprint density at radius 1 is 1.00 bits per heavy atom. The second-order valence-corrected chi connectivity index (χ2v) is 11.2. The molecule has 0 aliphatic carbocycles. The number of carbonyl (C=O) groups excluding carboxylic acids is 2. The number of benzene rings is 1. The van der Waals surface area contributed by atoms with E-state index < -0.39 is 0 Å². The molecular formula is C23H21Cl2N5O2S2. The molecule has 0 radical (unpaired) electrons. The van der Waals surface area contributed by atoms with Gasteiger partial charge in [-0.2, -0.15) is 14.7 Å². The van der Waals surface area contributed by atoms with Gasteiger partial charge in [-0.1, -0.05) is 54.5 Å². The number of hydrogen-bond donors (Lipinski definition) is 0. The summed E-state index contributed by atoms with van der Waals surface area (Å²) in [6.45, 7) is 10.2. The van der Waals surface area contributed by atoms with Crippen LogP contribution in [0.2, 0.25) is 10.0 Å². The molecule has 1 aromatic carbocycles. The molecule has 0 saturated carbocycles. The van der Waals surface area contributed by atoms with Crippen LogP contribution in [-0.4, -0.2) is 36.1 Å². The first-order chi connectivity index (χ1) is 16.1. The molecule has 0 unspecified atom stereocenters. The molecule has 0 bridgehead atoms. The summed E-state index contributed by atoms with van der Waals surface area (Å²) >= 11 is 15.8. The van der Waals surface area contributed by atoms with E-state index in [0.29, 0.717) is 21.1 Å². The fourth-order valence-corrected chi connectivity index (χ4v) is 5.88. The van der Waals surface area contributed by atoms with Crippen LogP contribution in [0.3, 0.4) is 0 Å². The Labute approximate surface area is 215 Å². The summed E-state index contributed by atoms with van der Waals surface area (Å²) < 4.78 is 2.92. The maximum absolute atomic E-state index is 8.12. The van der Waals surface area contributed by atoms with Crippen molar-refractivity contribution in [3.8, 4) is 27.8 Å². The van der Waals surface area contributed by atoms with Crippen molar-refractivity contribution in [2.24, 2.45) is 0 Å². The third kappa shape index (κ3) is 6.11. The number of nitrogens with zero attached hydrogens (tertiary/aromatic N) is 5. The highest BCUT2D eigenvalue weighted by molar-refractivity contribution is 8.01. The van der Waals surface area contributed by atoms with Gasteiger partial charge in [-0.3, -0.25) is 0 Å². The number of aryl methyl sites for hydroxylation is 3. The van der Waals surface area contributed by atoms with E-state index in [-0.39, 0.29) is 6.15 Å². The molecule has 34 heavy (non-hydrogen) atoms. The van der Waals surface area contributed by atoms with E-state index in [2.05, 4.69) is 23.8 Å². The molecule has 0 spiro atoms. The van der Waals surface area contributed by atoms with Gasteiger partial charge in [0.25, 0.3) is 0 Å².